The molecule has 0 aliphatic heterocycles. The van der Waals surface area contributed by atoms with Crippen LogP contribution in [0.2, 0.25) is 0 Å². The molecular weight excluding hydrogens is 182 g/mol. The zero-order chi connectivity index (χ0) is 10.6. The van der Waals surface area contributed by atoms with E-state index < -0.39 is 0 Å². The van der Waals surface area contributed by atoms with Gasteiger partial charge in [0.1, 0.15) is 0 Å². The van der Waals surface area contributed by atoms with Crippen LogP contribution in [0.3, 0.4) is 0 Å². The van der Waals surface area contributed by atoms with Crippen molar-refractivity contribution in [3.63, 3.8) is 0 Å². The van der Waals surface area contributed by atoms with E-state index in [1.54, 1.807) is 26.1 Å². The fourth-order valence-electron chi connectivity index (χ4n) is 0.839. The van der Waals surface area contributed by atoms with Crippen molar-refractivity contribution in [2.24, 2.45) is 5.92 Å². The van der Waals surface area contributed by atoms with Crippen LogP contribution in [0.5, 0.6) is 11.5 Å². The SMILES string of the molecule is COc1ccncc1OC(=O)C(C)C. The number of hydrogen-bond donors (Lipinski definition) is 0. The molecule has 0 unspecified atom stereocenters. The number of carbonyl (C=O) groups excluding carboxylic acids is 1. The van der Waals surface area contributed by atoms with Crippen molar-refractivity contribution in [3.05, 3.63) is 18.5 Å². The molecule has 0 radical (unpaired) electrons. The first-order valence-electron chi connectivity index (χ1n) is 4.35. The predicted octanol–water partition coefficient (Wildman–Crippen LogP) is 1.65. The van der Waals surface area contributed by atoms with E-state index in [4.69, 9.17) is 9.47 Å². The van der Waals surface area contributed by atoms with Crippen LogP contribution < -0.4 is 9.47 Å². The van der Waals surface area contributed by atoms with Crippen LogP contribution in [-0.2, 0) is 4.79 Å². The van der Waals surface area contributed by atoms with E-state index in [0.29, 0.717) is 11.5 Å². The first kappa shape index (κ1) is 10.5. The van der Waals surface area contributed by atoms with Gasteiger partial charge in [0.15, 0.2) is 11.5 Å². The summed E-state index contributed by atoms with van der Waals surface area (Å²) in [4.78, 5) is 15.1. The lowest BCUT2D eigenvalue weighted by Gasteiger charge is -2.09. The number of esters is 1. The number of rotatable bonds is 3. The fourth-order valence-corrected chi connectivity index (χ4v) is 0.839. The molecule has 0 saturated heterocycles. The van der Waals surface area contributed by atoms with Crippen LogP contribution in [0.15, 0.2) is 18.5 Å². The van der Waals surface area contributed by atoms with E-state index >= 15 is 0 Å². The molecule has 0 aliphatic rings. The molecule has 1 heterocycles. The maximum Gasteiger partial charge on any atom is 0.313 e. The highest BCUT2D eigenvalue weighted by molar-refractivity contribution is 5.74. The lowest BCUT2D eigenvalue weighted by molar-refractivity contribution is -0.137. The first-order valence-corrected chi connectivity index (χ1v) is 4.35. The van der Waals surface area contributed by atoms with Crippen LogP contribution in [0.1, 0.15) is 13.8 Å². The number of carbonyl (C=O) groups is 1. The second-order valence-corrected chi connectivity index (χ2v) is 3.10. The van der Waals surface area contributed by atoms with Gasteiger partial charge >= 0.3 is 5.97 Å². The summed E-state index contributed by atoms with van der Waals surface area (Å²) in [6.07, 6.45) is 3.03. The summed E-state index contributed by atoms with van der Waals surface area (Å²) in [7, 11) is 1.52. The minimum absolute atomic E-state index is 0.167. The molecular formula is C10H13NO3. The molecule has 0 amide bonds. The van der Waals surface area contributed by atoms with E-state index in [1.165, 1.54) is 13.3 Å². The molecule has 0 atom stereocenters. The summed E-state index contributed by atoms with van der Waals surface area (Å²) in [6, 6.07) is 1.64. The highest BCUT2D eigenvalue weighted by Crippen LogP contribution is 2.25. The van der Waals surface area contributed by atoms with E-state index in [9.17, 15) is 4.79 Å². The summed E-state index contributed by atoms with van der Waals surface area (Å²) < 4.78 is 10.1. The van der Waals surface area contributed by atoms with Gasteiger partial charge in [-0.2, -0.15) is 0 Å². The third-order valence-electron chi connectivity index (χ3n) is 1.65. The molecule has 1 rings (SSSR count). The Kier molecular flexibility index (Phi) is 3.45. The average molecular weight is 195 g/mol. The van der Waals surface area contributed by atoms with Crippen molar-refractivity contribution in [1.29, 1.82) is 0 Å². The Morgan fingerprint density at radius 1 is 1.43 bits per heavy atom. The topological polar surface area (TPSA) is 48.4 Å². The van der Waals surface area contributed by atoms with Gasteiger partial charge in [0.25, 0.3) is 0 Å². The van der Waals surface area contributed by atoms with E-state index in [0.717, 1.165) is 0 Å². The van der Waals surface area contributed by atoms with Crippen LogP contribution in [0.25, 0.3) is 0 Å². The Morgan fingerprint density at radius 2 is 2.14 bits per heavy atom. The van der Waals surface area contributed by atoms with Crippen LogP contribution in [0, 0.1) is 5.92 Å². The number of aromatic nitrogens is 1. The molecule has 4 nitrogen and oxygen atoms in total. The summed E-state index contributed by atoms with van der Waals surface area (Å²) in [5.74, 6) is 0.402. The minimum atomic E-state index is -0.295. The van der Waals surface area contributed by atoms with E-state index in [-0.39, 0.29) is 11.9 Å². The Morgan fingerprint density at radius 3 is 2.71 bits per heavy atom. The monoisotopic (exact) mass is 195 g/mol. The molecule has 1 aromatic heterocycles. The number of hydrogen-bond acceptors (Lipinski definition) is 4. The maximum atomic E-state index is 11.3. The number of pyridine rings is 1. The van der Waals surface area contributed by atoms with Gasteiger partial charge in [0.05, 0.1) is 19.2 Å². The Bertz CT molecular complexity index is 323. The quantitative estimate of drug-likeness (QED) is 0.688. The Balaban J connectivity index is 2.80. The molecule has 0 spiro atoms. The standard InChI is InChI=1S/C10H13NO3/c1-7(2)10(12)14-9-6-11-5-4-8(9)13-3/h4-7H,1-3H3. The van der Waals surface area contributed by atoms with Crippen LogP contribution in [0.4, 0.5) is 0 Å². The van der Waals surface area contributed by atoms with E-state index in [2.05, 4.69) is 4.98 Å². The summed E-state index contributed by atoms with van der Waals surface area (Å²) in [5.41, 5.74) is 0. The van der Waals surface area contributed by atoms with Gasteiger partial charge in [-0.3, -0.25) is 9.78 Å². The third kappa shape index (κ3) is 2.45. The molecule has 1 aromatic rings. The van der Waals surface area contributed by atoms with Gasteiger partial charge in [-0.1, -0.05) is 13.8 Å². The fraction of sp³-hybridized carbons (Fsp3) is 0.400. The molecule has 4 heteroatoms. The van der Waals surface area contributed by atoms with Crippen molar-refractivity contribution >= 4 is 5.97 Å². The molecule has 0 aromatic carbocycles. The predicted molar refractivity (Wildman–Crippen MR) is 51.3 cm³/mol. The average Bonchev–Trinajstić information content (AvgIpc) is 2.18. The van der Waals surface area contributed by atoms with Gasteiger partial charge in [-0.25, -0.2) is 0 Å². The molecule has 0 saturated carbocycles. The lowest BCUT2D eigenvalue weighted by atomic mass is 10.2. The normalized spacial score (nSPS) is 10.0. The van der Waals surface area contributed by atoms with Gasteiger partial charge in [0, 0.05) is 12.3 Å². The van der Waals surface area contributed by atoms with Crippen molar-refractivity contribution < 1.29 is 14.3 Å². The molecule has 0 fully saturated rings. The highest BCUT2D eigenvalue weighted by atomic mass is 16.6. The van der Waals surface area contributed by atoms with Crippen molar-refractivity contribution in [1.82, 2.24) is 4.98 Å². The first-order chi connectivity index (χ1) is 6.65. The van der Waals surface area contributed by atoms with Gasteiger partial charge < -0.3 is 9.47 Å². The third-order valence-corrected chi connectivity index (χ3v) is 1.65. The highest BCUT2D eigenvalue weighted by Gasteiger charge is 2.12. The van der Waals surface area contributed by atoms with Crippen molar-refractivity contribution in [3.8, 4) is 11.5 Å². The summed E-state index contributed by atoms with van der Waals surface area (Å²) >= 11 is 0. The number of methoxy groups -OCH3 is 1. The molecule has 0 bridgehead atoms. The molecule has 76 valence electrons. The van der Waals surface area contributed by atoms with Crippen molar-refractivity contribution in [2.75, 3.05) is 7.11 Å². The lowest BCUT2D eigenvalue weighted by Crippen LogP contribution is -2.15. The minimum Gasteiger partial charge on any atom is -0.493 e. The zero-order valence-electron chi connectivity index (χ0n) is 8.48. The Hall–Kier alpha value is -1.58. The smallest absolute Gasteiger partial charge is 0.313 e. The van der Waals surface area contributed by atoms with Crippen LogP contribution >= 0.6 is 0 Å². The maximum absolute atomic E-state index is 11.3. The van der Waals surface area contributed by atoms with Gasteiger partial charge in [-0.15, -0.1) is 0 Å². The second kappa shape index (κ2) is 4.60. The van der Waals surface area contributed by atoms with Crippen molar-refractivity contribution in [2.45, 2.75) is 13.8 Å². The Labute approximate surface area is 82.9 Å². The largest absolute Gasteiger partial charge is 0.493 e. The van der Waals surface area contributed by atoms with Crippen LogP contribution in [-0.4, -0.2) is 18.1 Å². The molecule has 14 heavy (non-hydrogen) atoms. The van der Waals surface area contributed by atoms with Gasteiger partial charge in [-0.05, 0) is 0 Å². The zero-order valence-corrected chi connectivity index (χ0v) is 8.48. The van der Waals surface area contributed by atoms with E-state index in [1.807, 2.05) is 0 Å². The van der Waals surface area contributed by atoms with Gasteiger partial charge in [0.2, 0.25) is 0 Å². The summed E-state index contributed by atoms with van der Waals surface area (Å²) in [6.45, 7) is 3.54. The molecule has 0 N–H and O–H groups in total. The summed E-state index contributed by atoms with van der Waals surface area (Å²) in [5, 5.41) is 0. The number of nitrogens with zero attached hydrogens (tertiary/aromatic N) is 1. The number of ether oxygens (including phenoxy) is 2. The molecule has 0 aliphatic carbocycles. The second-order valence-electron chi connectivity index (χ2n) is 3.10.